The van der Waals surface area contributed by atoms with Crippen LogP contribution in [0.3, 0.4) is 0 Å². The summed E-state index contributed by atoms with van der Waals surface area (Å²) in [5, 5.41) is 3.65. The summed E-state index contributed by atoms with van der Waals surface area (Å²) >= 11 is 0. The van der Waals surface area contributed by atoms with E-state index in [4.69, 9.17) is 0 Å². The lowest BCUT2D eigenvalue weighted by Gasteiger charge is -2.47. The van der Waals surface area contributed by atoms with E-state index in [0.29, 0.717) is 18.0 Å². The largest absolute Gasteiger partial charge is 0.311 e. The molecule has 0 radical (unpaired) electrons. The Morgan fingerprint density at radius 1 is 0.864 bits per heavy atom. The molecule has 2 aromatic rings. The van der Waals surface area contributed by atoms with Crippen molar-refractivity contribution in [3.05, 3.63) is 71.8 Å². The molecule has 2 aliphatic rings. The van der Waals surface area contributed by atoms with Gasteiger partial charge < -0.3 is 5.32 Å². The first kappa shape index (κ1) is 14.0. The summed E-state index contributed by atoms with van der Waals surface area (Å²) in [6.45, 7) is 3.52. The first-order chi connectivity index (χ1) is 10.9. The van der Waals surface area contributed by atoms with E-state index in [1.165, 1.54) is 37.1 Å². The number of hydrogen-bond donors (Lipinski definition) is 1. The highest BCUT2D eigenvalue weighted by Crippen LogP contribution is 2.36. The SMILES string of the molecule is c1ccc(C(c2ccccc2)C2CCC3CN2CCN3)cc1. The van der Waals surface area contributed by atoms with Crippen LogP contribution in [0, 0.1) is 0 Å². The number of piperidine rings is 1. The van der Waals surface area contributed by atoms with Crippen molar-refractivity contribution in [1.82, 2.24) is 10.2 Å². The lowest BCUT2D eigenvalue weighted by molar-refractivity contribution is 0.0810. The lowest BCUT2D eigenvalue weighted by atomic mass is 9.79. The molecule has 0 aromatic heterocycles. The number of rotatable bonds is 3. The summed E-state index contributed by atoms with van der Waals surface area (Å²) in [5.74, 6) is 0.487. The zero-order valence-corrected chi connectivity index (χ0v) is 13.0. The number of nitrogens with one attached hydrogen (secondary N) is 1. The van der Waals surface area contributed by atoms with Gasteiger partial charge in [-0.2, -0.15) is 0 Å². The van der Waals surface area contributed by atoms with Gasteiger partial charge in [-0.3, -0.25) is 4.90 Å². The van der Waals surface area contributed by atoms with E-state index in [2.05, 4.69) is 70.9 Å². The highest BCUT2D eigenvalue weighted by Gasteiger charge is 2.36. The van der Waals surface area contributed by atoms with Crippen molar-refractivity contribution in [1.29, 1.82) is 0 Å². The van der Waals surface area contributed by atoms with Crippen molar-refractivity contribution in [2.24, 2.45) is 0 Å². The number of nitrogens with zero attached hydrogens (tertiary/aromatic N) is 1. The van der Waals surface area contributed by atoms with Gasteiger partial charge in [-0.1, -0.05) is 60.7 Å². The zero-order chi connectivity index (χ0) is 14.8. The fourth-order valence-electron chi connectivity index (χ4n) is 4.24. The van der Waals surface area contributed by atoms with Gasteiger partial charge in [0.25, 0.3) is 0 Å². The van der Waals surface area contributed by atoms with E-state index in [1.54, 1.807) is 0 Å². The maximum absolute atomic E-state index is 3.65. The third-order valence-corrected chi connectivity index (χ3v) is 5.27. The van der Waals surface area contributed by atoms with Gasteiger partial charge >= 0.3 is 0 Å². The Kier molecular flexibility index (Phi) is 3.96. The van der Waals surface area contributed by atoms with E-state index in [0.717, 1.165) is 6.54 Å². The third-order valence-electron chi connectivity index (χ3n) is 5.27. The Labute approximate surface area is 133 Å². The van der Waals surface area contributed by atoms with Crippen molar-refractivity contribution >= 4 is 0 Å². The van der Waals surface area contributed by atoms with Gasteiger partial charge in [0.2, 0.25) is 0 Å². The average molecular weight is 292 g/mol. The van der Waals surface area contributed by atoms with Crippen LogP contribution in [0.4, 0.5) is 0 Å². The maximum atomic E-state index is 3.65. The number of hydrogen-bond acceptors (Lipinski definition) is 2. The molecule has 2 aliphatic heterocycles. The van der Waals surface area contributed by atoms with Gasteiger partial charge in [0.1, 0.15) is 0 Å². The van der Waals surface area contributed by atoms with Crippen LogP contribution in [0.25, 0.3) is 0 Å². The molecule has 0 amide bonds. The molecule has 1 N–H and O–H groups in total. The Bertz CT molecular complexity index is 556. The van der Waals surface area contributed by atoms with Crippen LogP contribution < -0.4 is 5.32 Å². The second-order valence-electron chi connectivity index (χ2n) is 6.59. The molecule has 2 aromatic carbocycles. The van der Waals surface area contributed by atoms with E-state index < -0.39 is 0 Å². The lowest BCUT2D eigenvalue weighted by Crippen LogP contribution is -2.59. The molecule has 4 rings (SSSR count). The molecule has 2 nitrogen and oxygen atoms in total. The van der Waals surface area contributed by atoms with E-state index in [-0.39, 0.29) is 0 Å². The summed E-state index contributed by atoms with van der Waals surface area (Å²) in [4.78, 5) is 2.72. The van der Waals surface area contributed by atoms with Crippen LogP contribution in [0.15, 0.2) is 60.7 Å². The molecular weight excluding hydrogens is 268 g/mol. The molecule has 3 unspecified atom stereocenters. The third kappa shape index (κ3) is 2.69. The number of benzene rings is 2. The Morgan fingerprint density at radius 2 is 1.50 bits per heavy atom. The summed E-state index contributed by atoms with van der Waals surface area (Å²) in [5.41, 5.74) is 2.91. The summed E-state index contributed by atoms with van der Waals surface area (Å²) in [6.07, 6.45) is 2.59. The molecule has 3 atom stereocenters. The minimum absolute atomic E-state index is 0.487. The minimum atomic E-state index is 0.487. The second kappa shape index (κ2) is 6.23. The smallest absolute Gasteiger partial charge is 0.0245 e. The van der Waals surface area contributed by atoms with Gasteiger partial charge in [-0.15, -0.1) is 0 Å². The molecule has 2 bridgehead atoms. The molecule has 2 heterocycles. The van der Waals surface area contributed by atoms with Crippen molar-refractivity contribution in [3.8, 4) is 0 Å². The first-order valence-corrected chi connectivity index (χ1v) is 8.49. The Balaban J connectivity index is 1.71. The van der Waals surface area contributed by atoms with Crippen molar-refractivity contribution in [2.45, 2.75) is 30.8 Å². The van der Waals surface area contributed by atoms with Crippen molar-refractivity contribution in [2.75, 3.05) is 19.6 Å². The Hall–Kier alpha value is -1.64. The molecule has 2 heteroatoms. The van der Waals surface area contributed by atoms with Crippen LogP contribution in [0.1, 0.15) is 29.9 Å². The average Bonchev–Trinajstić information content (AvgIpc) is 2.60. The van der Waals surface area contributed by atoms with Crippen LogP contribution in [0.2, 0.25) is 0 Å². The maximum Gasteiger partial charge on any atom is 0.0245 e. The van der Waals surface area contributed by atoms with Crippen molar-refractivity contribution in [3.63, 3.8) is 0 Å². The zero-order valence-electron chi connectivity index (χ0n) is 13.0. The number of fused-ring (bicyclic) bond motifs is 2. The van der Waals surface area contributed by atoms with Crippen LogP contribution in [-0.4, -0.2) is 36.6 Å². The normalized spacial score (nSPS) is 27.8. The van der Waals surface area contributed by atoms with Crippen molar-refractivity contribution < 1.29 is 0 Å². The summed E-state index contributed by atoms with van der Waals surface area (Å²) < 4.78 is 0. The molecule has 22 heavy (non-hydrogen) atoms. The van der Waals surface area contributed by atoms with Gasteiger partial charge in [-0.25, -0.2) is 0 Å². The molecule has 114 valence electrons. The van der Waals surface area contributed by atoms with E-state index >= 15 is 0 Å². The molecular formula is C20H24N2. The quantitative estimate of drug-likeness (QED) is 0.934. The fourth-order valence-corrected chi connectivity index (χ4v) is 4.24. The van der Waals surface area contributed by atoms with Gasteiger partial charge in [-0.05, 0) is 24.0 Å². The molecule has 0 saturated carbocycles. The molecule has 0 aliphatic carbocycles. The summed E-state index contributed by atoms with van der Waals surface area (Å²) in [6, 6.07) is 23.5. The predicted octanol–water partition coefficient (Wildman–Crippen LogP) is 3.25. The molecule has 0 spiro atoms. The van der Waals surface area contributed by atoms with E-state index in [1.807, 2.05) is 0 Å². The van der Waals surface area contributed by atoms with Gasteiger partial charge in [0.15, 0.2) is 0 Å². The first-order valence-electron chi connectivity index (χ1n) is 8.49. The van der Waals surface area contributed by atoms with Gasteiger partial charge in [0, 0.05) is 37.6 Å². The fraction of sp³-hybridized carbons (Fsp3) is 0.400. The predicted molar refractivity (Wildman–Crippen MR) is 91.1 cm³/mol. The monoisotopic (exact) mass is 292 g/mol. The molecule has 2 fully saturated rings. The van der Waals surface area contributed by atoms with Crippen LogP contribution in [-0.2, 0) is 0 Å². The molecule has 2 saturated heterocycles. The highest BCUT2D eigenvalue weighted by molar-refractivity contribution is 5.34. The summed E-state index contributed by atoms with van der Waals surface area (Å²) in [7, 11) is 0. The van der Waals surface area contributed by atoms with E-state index in [9.17, 15) is 0 Å². The standard InChI is InChI=1S/C20H24N2/c1-3-7-16(8-4-1)20(17-9-5-2-6-10-17)19-12-11-18-15-22(19)14-13-21-18/h1-10,18-21H,11-15H2. The minimum Gasteiger partial charge on any atom is -0.311 e. The highest BCUT2D eigenvalue weighted by atomic mass is 15.2. The number of piperazine rings is 1. The second-order valence-corrected chi connectivity index (χ2v) is 6.59. The Morgan fingerprint density at radius 3 is 2.14 bits per heavy atom. The van der Waals surface area contributed by atoms with Crippen LogP contribution >= 0.6 is 0 Å². The van der Waals surface area contributed by atoms with Crippen LogP contribution in [0.5, 0.6) is 0 Å². The van der Waals surface area contributed by atoms with Gasteiger partial charge in [0.05, 0.1) is 0 Å². The topological polar surface area (TPSA) is 15.3 Å².